The molecule has 1 fully saturated rings. The van der Waals surface area contributed by atoms with E-state index in [1.807, 2.05) is 55.5 Å². The van der Waals surface area contributed by atoms with Gasteiger partial charge in [0.2, 0.25) is 0 Å². The Kier molecular flexibility index (Phi) is 4.22. The van der Waals surface area contributed by atoms with Gasteiger partial charge in [-0.2, -0.15) is 13.2 Å². The van der Waals surface area contributed by atoms with Gasteiger partial charge in [-0.25, -0.2) is 4.99 Å². The lowest BCUT2D eigenvalue weighted by Gasteiger charge is -2.36. The molecule has 0 saturated carbocycles. The molecule has 0 aromatic heterocycles. The van der Waals surface area contributed by atoms with Crippen molar-refractivity contribution in [1.82, 2.24) is 0 Å². The molecule has 1 unspecified atom stereocenters. The maximum atomic E-state index is 13.3. The average molecular weight is 382 g/mol. The Labute approximate surface area is 160 Å². The van der Waals surface area contributed by atoms with Gasteiger partial charge >= 0.3 is 6.18 Å². The second kappa shape index (κ2) is 6.48. The quantitative estimate of drug-likeness (QED) is 0.678. The highest BCUT2D eigenvalue weighted by Gasteiger charge is 2.50. The maximum Gasteiger partial charge on any atom is 0.416 e. The van der Waals surface area contributed by atoms with Crippen LogP contribution in [0.1, 0.15) is 18.9 Å². The zero-order valence-corrected chi connectivity index (χ0v) is 15.1. The second-order valence-electron chi connectivity index (χ2n) is 6.97. The Morgan fingerprint density at radius 2 is 1.82 bits per heavy atom. The van der Waals surface area contributed by atoms with E-state index in [2.05, 4.69) is 4.99 Å². The summed E-state index contributed by atoms with van der Waals surface area (Å²) in [4.78, 5) is 19.3. The Morgan fingerprint density at radius 1 is 1.07 bits per heavy atom. The molecular formula is C22H17F3N2O. The fraction of sp³-hybridized carbons (Fsp3) is 0.182. The van der Waals surface area contributed by atoms with Gasteiger partial charge in [0.05, 0.1) is 16.8 Å². The number of alkyl halides is 3. The molecule has 0 radical (unpaired) electrons. The summed E-state index contributed by atoms with van der Waals surface area (Å²) >= 11 is 0. The molecule has 1 atom stereocenters. The number of benzene rings is 2. The van der Waals surface area contributed by atoms with Gasteiger partial charge in [0.15, 0.2) is 0 Å². The highest BCUT2D eigenvalue weighted by molar-refractivity contribution is 6.54. The van der Waals surface area contributed by atoms with Crippen LogP contribution in [0.3, 0.4) is 0 Å². The van der Waals surface area contributed by atoms with Crippen LogP contribution in [0.15, 0.2) is 83.4 Å². The van der Waals surface area contributed by atoms with E-state index < -0.39 is 17.3 Å². The number of carbonyl (C=O) groups is 1. The lowest BCUT2D eigenvalue weighted by molar-refractivity contribution is -0.137. The summed E-state index contributed by atoms with van der Waals surface area (Å²) in [5, 5.41) is 0. The Hall–Kier alpha value is -3.15. The van der Waals surface area contributed by atoms with Crippen LogP contribution < -0.4 is 4.90 Å². The van der Waals surface area contributed by atoms with Crippen LogP contribution in [0.5, 0.6) is 0 Å². The minimum Gasteiger partial charge on any atom is -0.297 e. The van der Waals surface area contributed by atoms with Gasteiger partial charge in [-0.15, -0.1) is 0 Å². The number of carbonyl (C=O) groups excluding carboxylic acids is 1. The highest BCUT2D eigenvalue weighted by Crippen LogP contribution is 2.43. The molecule has 142 valence electrons. The van der Waals surface area contributed by atoms with Gasteiger partial charge in [-0.3, -0.25) is 9.69 Å². The molecule has 0 spiro atoms. The number of allylic oxidation sites excluding steroid dienone is 2. The maximum absolute atomic E-state index is 13.3. The molecule has 1 amide bonds. The summed E-state index contributed by atoms with van der Waals surface area (Å²) in [6.07, 6.45) is 1.77. The third-order valence-electron chi connectivity index (χ3n) is 5.08. The number of fused-ring (bicyclic) bond motifs is 1. The topological polar surface area (TPSA) is 32.7 Å². The first-order chi connectivity index (χ1) is 13.3. The van der Waals surface area contributed by atoms with Gasteiger partial charge in [-0.05, 0) is 43.7 Å². The smallest absolute Gasteiger partial charge is 0.297 e. The van der Waals surface area contributed by atoms with Crippen LogP contribution in [-0.4, -0.2) is 17.2 Å². The minimum atomic E-state index is -4.46. The molecule has 6 heteroatoms. The number of nitrogens with zero attached hydrogens (tertiary/aromatic N) is 2. The van der Waals surface area contributed by atoms with Crippen molar-refractivity contribution in [2.24, 2.45) is 4.99 Å². The first-order valence-electron chi connectivity index (χ1n) is 8.84. The van der Waals surface area contributed by atoms with Crippen LogP contribution in [0.2, 0.25) is 0 Å². The average Bonchev–Trinajstić information content (AvgIpc) is 2.89. The van der Waals surface area contributed by atoms with E-state index in [0.717, 1.165) is 17.8 Å². The molecule has 1 heterocycles. The first kappa shape index (κ1) is 18.2. The number of para-hydroxylation sites is 1. The number of aliphatic imine (C=N–C) groups is 1. The summed E-state index contributed by atoms with van der Waals surface area (Å²) < 4.78 is 39.1. The molecule has 1 saturated heterocycles. The van der Waals surface area contributed by atoms with Crippen molar-refractivity contribution in [1.29, 1.82) is 0 Å². The lowest BCUT2D eigenvalue weighted by Crippen LogP contribution is -2.44. The Balaban J connectivity index is 1.84. The highest BCUT2D eigenvalue weighted by atomic mass is 19.4. The second-order valence-corrected chi connectivity index (χ2v) is 6.97. The van der Waals surface area contributed by atoms with Crippen LogP contribution >= 0.6 is 0 Å². The van der Waals surface area contributed by atoms with Gasteiger partial charge in [-0.1, -0.05) is 42.5 Å². The van der Waals surface area contributed by atoms with Crippen LogP contribution in [0.25, 0.3) is 0 Å². The van der Waals surface area contributed by atoms with Crippen molar-refractivity contribution in [2.75, 3.05) is 4.90 Å². The molecule has 2 aromatic carbocycles. The van der Waals surface area contributed by atoms with Gasteiger partial charge < -0.3 is 0 Å². The molecule has 0 bridgehead atoms. The molecule has 0 N–H and O–H groups in total. The summed E-state index contributed by atoms with van der Waals surface area (Å²) in [5.41, 5.74) is 0.292. The SMILES string of the molecule is CC12CC=CC=C1C(=Nc1cccc(C(F)(F)F)c1)C(=O)N2c1ccccc1. The number of amides is 1. The number of halogens is 3. The van der Waals surface area contributed by atoms with E-state index in [-0.39, 0.29) is 17.3 Å². The summed E-state index contributed by atoms with van der Waals surface area (Å²) in [5.74, 6) is -0.318. The molecule has 1 aliphatic carbocycles. The van der Waals surface area contributed by atoms with Crippen molar-refractivity contribution >= 4 is 23.0 Å². The molecule has 28 heavy (non-hydrogen) atoms. The van der Waals surface area contributed by atoms with Crippen molar-refractivity contribution < 1.29 is 18.0 Å². The van der Waals surface area contributed by atoms with E-state index in [1.165, 1.54) is 12.1 Å². The van der Waals surface area contributed by atoms with E-state index in [0.29, 0.717) is 12.0 Å². The number of rotatable bonds is 2. The van der Waals surface area contributed by atoms with Crippen LogP contribution in [0.4, 0.5) is 24.5 Å². The number of hydrogen-bond donors (Lipinski definition) is 0. The molecule has 4 rings (SSSR count). The molecule has 1 aliphatic heterocycles. The van der Waals surface area contributed by atoms with Gasteiger partial charge in [0.1, 0.15) is 5.71 Å². The largest absolute Gasteiger partial charge is 0.416 e. The van der Waals surface area contributed by atoms with Crippen molar-refractivity contribution in [3.63, 3.8) is 0 Å². The van der Waals surface area contributed by atoms with Gasteiger partial charge in [0, 0.05) is 11.3 Å². The van der Waals surface area contributed by atoms with Crippen LogP contribution in [-0.2, 0) is 11.0 Å². The Bertz CT molecular complexity index is 1020. The molecule has 2 aliphatic rings. The first-order valence-corrected chi connectivity index (χ1v) is 8.84. The monoisotopic (exact) mass is 382 g/mol. The number of anilines is 1. The van der Waals surface area contributed by atoms with E-state index in [4.69, 9.17) is 0 Å². The molecular weight excluding hydrogens is 365 g/mol. The third-order valence-corrected chi connectivity index (χ3v) is 5.08. The van der Waals surface area contributed by atoms with Crippen molar-refractivity contribution in [3.05, 3.63) is 84.0 Å². The van der Waals surface area contributed by atoms with Gasteiger partial charge in [0.25, 0.3) is 5.91 Å². The zero-order valence-electron chi connectivity index (χ0n) is 15.1. The fourth-order valence-electron chi connectivity index (χ4n) is 3.71. The summed E-state index contributed by atoms with van der Waals surface area (Å²) in [6, 6.07) is 13.9. The molecule has 2 aromatic rings. The molecule has 3 nitrogen and oxygen atoms in total. The van der Waals surface area contributed by atoms with E-state index in [9.17, 15) is 18.0 Å². The summed E-state index contributed by atoms with van der Waals surface area (Å²) in [7, 11) is 0. The van der Waals surface area contributed by atoms with Crippen LogP contribution in [0, 0.1) is 0 Å². The Morgan fingerprint density at radius 3 is 2.54 bits per heavy atom. The zero-order chi connectivity index (χ0) is 19.9. The summed E-state index contributed by atoms with van der Waals surface area (Å²) in [6.45, 7) is 1.95. The third kappa shape index (κ3) is 2.95. The van der Waals surface area contributed by atoms with Crippen molar-refractivity contribution in [2.45, 2.75) is 25.1 Å². The van der Waals surface area contributed by atoms with E-state index >= 15 is 0 Å². The fourth-order valence-corrected chi connectivity index (χ4v) is 3.71. The predicted octanol–water partition coefficient (Wildman–Crippen LogP) is 5.47. The minimum absolute atomic E-state index is 0.103. The number of hydrogen-bond acceptors (Lipinski definition) is 2. The predicted molar refractivity (Wildman–Crippen MR) is 103 cm³/mol. The standard InChI is InChI=1S/C22H17F3N2O/c1-21-13-6-5-12-18(21)19(20(28)27(21)17-10-3-2-4-11-17)26-16-9-7-8-15(14-16)22(23,24)25/h2-12,14H,13H2,1H3. The van der Waals surface area contributed by atoms with Crippen molar-refractivity contribution in [3.8, 4) is 0 Å². The van der Waals surface area contributed by atoms with E-state index in [1.54, 1.807) is 4.90 Å². The normalized spacial score (nSPS) is 23.1. The lowest BCUT2D eigenvalue weighted by atomic mass is 9.84.